The van der Waals surface area contributed by atoms with Gasteiger partial charge in [0, 0.05) is 36.4 Å². The summed E-state index contributed by atoms with van der Waals surface area (Å²) in [6, 6.07) is 0. The molecule has 0 bridgehead atoms. The number of anilines is 1. The van der Waals surface area contributed by atoms with Crippen LogP contribution >= 0.6 is 11.8 Å². The van der Waals surface area contributed by atoms with E-state index in [-0.39, 0.29) is 21.8 Å². The van der Waals surface area contributed by atoms with Gasteiger partial charge >= 0.3 is 0 Å². The summed E-state index contributed by atoms with van der Waals surface area (Å²) >= 11 is 1.17. The van der Waals surface area contributed by atoms with Crippen molar-refractivity contribution in [3.8, 4) is 0 Å². The van der Waals surface area contributed by atoms with E-state index in [1.165, 1.54) is 23.6 Å². The lowest BCUT2D eigenvalue weighted by molar-refractivity contribution is -0.117. The van der Waals surface area contributed by atoms with Gasteiger partial charge in [-0.1, -0.05) is 25.1 Å². The highest BCUT2D eigenvalue weighted by Gasteiger charge is 2.33. The maximum absolute atomic E-state index is 12.2. The number of H-pyrrole nitrogens is 1. The molecular weight excluding hydrogens is 302 g/mol. The van der Waals surface area contributed by atoms with Crippen LogP contribution in [0.3, 0.4) is 0 Å². The van der Waals surface area contributed by atoms with Crippen LogP contribution < -0.4 is 10.5 Å². The quantitative estimate of drug-likeness (QED) is 0.893. The van der Waals surface area contributed by atoms with Crippen molar-refractivity contribution in [3.05, 3.63) is 21.6 Å². The van der Waals surface area contributed by atoms with Gasteiger partial charge in [-0.25, -0.2) is 4.98 Å². The van der Waals surface area contributed by atoms with Crippen LogP contribution in [-0.4, -0.2) is 32.8 Å². The Morgan fingerprint density at radius 3 is 2.77 bits per heavy atom. The van der Waals surface area contributed by atoms with E-state index in [9.17, 15) is 14.4 Å². The Morgan fingerprint density at radius 2 is 2.18 bits per heavy atom. The summed E-state index contributed by atoms with van der Waals surface area (Å²) in [6.07, 6.45) is 2.94. The van der Waals surface area contributed by atoms with Crippen LogP contribution in [0.1, 0.15) is 44.4 Å². The molecule has 7 heteroatoms. The first kappa shape index (κ1) is 16.7. The number of rotatable bonds is 5. The maximum atomic E-state index is 12.2. The molecule has 2 heterocycles. The van der Waals surface area contributed by atoms with Crippen molar-refractivity contribution in [2.75, 3.05) is 11.4 Å². The number of carbonyl (C=O) groups is 2. The summed E-state index contributed by atoms with van der Waals surface area (Å²) in [5.74, 6) is 0.182. The highest BCUT2D eigenvalue weighted by Crippen LogP contribution is 2.26. The molecule has 0 aromatic carbocycles. The molecule has 1 atom stereocenters. The average Bonchev–Trinajstić information content (AvgIpc) is 2.77. The predicted octanol–water partition coefficient (Wildman–Crippen LogP) is 1.81. The minimum absolute atomic E-state index is 0.00723. The Hall–Kier alpha value is -1.63. The van der Waals surface area contributed by atoms with E-state index >= 15 is 0 Å². The van der Waals surface area contributed by atoms with Gasteiger partial charge < -0.3 is 0 Å². The number of aryl methyl sites for hydroxylation is 1. The Kier molecular flexibility index (Phi) is 5.39. The van der Waals surface area contributed by atoms with Crippen LogP contribution in [0, 0.1) is 6.92 Å². The minimum Gasteiger partial charge on any atom is -0.292 e. The monoisotopic (exact) mass is 323 g/mol. The largest absolute Gasteiger partial charge is 0.292 e. The summed E-state index contributed by atoms with van der Waals surface area (Å²) in [5, 5.41) is -0.0810. The van der Waals surface area contributed by atoms with E-state index < -0.39 is 0 Å². The molecule has 1 saturated heterocycles. The van der Waals surface area contributed by atoms with E-state index in [4.69, 9.17) is 0 Å². The fourth-order valence-corrected chi connectivity index (χ4v) is 3.48. The summed E-state index contributed by atoms with van der Waals surface area (Å²) in [6.45, 7) is 5.76. The van der Waals surface area contributed by atoms with Crippen molar-refractivity contribution in [1.29, 1.82) is 0 Å². The molecule has 1 aliphatic rings. The van der Waals surface area contributed by atoms with Crippen LogP contribution in [0.5, 0.6) is 0 Å². The molecule has 6 nitrogen and oxygen atoms in total. The fraction of sp³-hybridized carbons (Fsp3) is 0.600. The number of unbranched alkanes of at least 4 members (excludes halogenated alkanes) is 1. The maximum Gasteiger partial charge on any atom is 0.255 e. The number of amides is 1. The van der Waals surface area contributed by atoms with Crippen molar-refractivity contribution in [2.24, 2.45) is 0 Å². The number of nitrogens with one attached hydrogen (secondary N) is 1. The lowest BCUT2D eigenvalue weighted by Crippen LogP contribution is -2.30. The van der Waals surface area contributed by atoms with Crippen molar-refractivity contribution < 1.29 is 9.59 Å². The van der Waals surface area contributed by atoms with E-state index in [1.54, 1.807) is 6.92 Å². The van der Waals surface area contributed by atoms with Crippen molar-refractivity contribution in [3.63, 3.8) is 0 Å². The molecule has 1 amide bonds. The van der Waals surface area contributed by atoms with Gasteiger partial charge in [-0.2, -0.15) is 0 Å². The second-order valence-electron chi connectivity index (χ2n) is 5.50. The lowest BCUT2D eigenvalue weighted by Gasteiger charge is -2.16. The number of carbonyl (C=O) groups excluding carboxylic acids is 2. The molecular formula is C15H21N3O3S. The summed E-state index contributed by atoms with van der Waals surface area (Å²) in [4.78, 5) is 44.0. The zero-order valence-electron chi connectivity index (χ0n) is 13.1. The number of aromatic amines is 1. The predicted molar refractivity (Wildman–Crippen MR) is 87.2 cm³/mol. The van der Waals surface area contributed by atoms with Crippen molar-refractivity contribution in [2.45, 2.75) is 51.7 Å². The second kappa shape index (κ2) is 7.09. The van der Waals surface area contributed by atoms with E-state index in [0.29, 0.717) is 36.6 Å². The Balaban J connectivity index is 2.21. The third kappa shape index (κ3) is 3.76. The Labute approximate surface area is 133 Å². The number of nitrogens with zero attached hydrogens (tertiary/aromatic N) is 2. The van der Waals surface area contributed by atoms with Gasteiger partial charge in [-0.15, -0.1) is 0 Å². The SMILES string of the molecule is CCCCc1c(C)nc(N2CC(SC(C)=O)CC2=O)[nH]c1=O. The summed E-state index contributed by atoms with van der Waals surface area (Å²) < 4.78 is 0. The first-order valence-electron chi connectivity index (χ1n) is 7.49. The zero-order valence-corrected chi connectivity index (χ0v) is 14.0. The molecule has 22 heavy (non-hydrogen) atoms. The number of aromatic nitrogens is 2. The topological polar surface area (TPSA) is 83.1 Å². The van der Waals surface area contributed by atoms with Crippen molar-refractivity contribution in [1.82, 2.24) is 9.97 Å². The standard InChI is InChI=1S/C15H21N3O3S/c1-4-5-6-12-9(2)16-15(17-14(12)21)18-8-11(7-13(18)20)22-10(3)19/h11H,4-8H2,1-3H3,(H,16,17,21). The summed E-state index contributed by atoms with van der Waals surface area (Å²) in [7, 11) is 0. The minimum atomic E-state index is -0.175. The van der Waals surface area contributed by atoms with Gasteiger partial charge in [-0.3, -0.25) is 24.3 Å². The number of thioether (sulfide) groups is 1. The van der Waals surface area contributed by atoms with Gasteiger partial charge in [0.15, 0.2) is 5.12 Å². The lowest BCUT2D eigenvalue weighted by atomic mass is 10.1. The molecule has 120 valence electrons. The van der Waals surface area contributed by atoms with Gasteiger partial charge in [0.05, 0.1) is 0 Å². The van der Waals surface area contributed by atoms with E-state index in [1.807, 2.05) is 0 Å². The molecule has 1 fully saturated rings. The highest BCUT2D eigenvalue weighted by molar-refractivity contribution is 8.14. The number of hydrogen-bond acceptors (Lipinski definition) is 5. The van der Waals surface area contributed by atoms with Gasteiger partial charge in [0.25, 0.3) is 5.56 Å². The second-order valence-corrected chi connectivity index (χ2v) is 6.97. The third-order valence-electron chi connectivity index (χ3n) is 3.67. The molecule has 1 aliphatic heterocycles. The smallest absolute Gasteiger partial charge is 0.255 e. The molecule has 1 N–H and O–H groups in total. The molecule has 0 aliphatic carbocycles. The molecule has 1 aromatic heterocycles. The first-order chi connectivity index (χ1) is 10.4. The van der Waals surface area contributed by atoms with Crippen LogP contribution in [0.4, 0.5) is 5.95 Å². The van der Waals surface area contributed by atoms with Crippen LogP contribution in [0.2, 0.25) is 0 Å². The van der Waals surface area contributed by atoms with Gasteiger partial charge in [0.1, 0.15) is 0 Å². The third-order valence-corrected chi connectivity index (χ3v) is 4.65. The fourth-order valence-electron chi connectivity index (χ4n) is 2.56. The molecule has 2 rings (SSSR count). The van der Waals surface area contributed by atoms with Crippen LogP contribution in [-0.2, 0) is 16.0 Å². The molecule has 0 saturated carbocycles. The van der Waals surface area contributed by atoms with Gasteiger partial charge in [-0.05, 0) is 19.8 Å². The van der Waals surface area contributed by atoms with Crippen LogP contribution in [0.15, 0.2) is 4.79 Å². The van der Waals surface area contributed by atoms with Gasteiger partial charge in [0.2, 0.25) is 11.9 Å². The zero-order chi connectivity index (χ0) is 16.3. The average molecular weight is 323 g/mol. The van der Waals surface area contributed by atoms with Crippen LogP contribution in [0.25, 0.3) is 0 Å². The molecule has 1 unspecified atom stereocenters. The molecule has 1 aromatic rings. The van der Waals surface area contributed by atoms with E-state index in [0.717, 1.165) is 12.8 Å². The normalized spacial score (nSPS) is 18.0. The molecule has 0 spiro atoms. The Morgan fingerprint density at radius 1 is 1.45 bits per heavy atom. The Bertz CT molecular complexity index is 641. The number of hydrogen-bond donors (Lipinski definition) is 1. The van der Waals surface area contributed by atoms with Crippen molar-refractivity contribution >= 4 is 28.7 Å². The highest BCUT2D eigenvalue weighted by atomic mass is 32.2. The summed E-state index contributed by atoms with van der Waals surface area (Å²) in [5.41, 5.74) is 1.18. The first-order valence-corrected chi connectivity index (χ1v) is 8.37. The molecule has 0 radical (unpaired) electrons. The van der Waals surface area contributed by atoms with E-state index in [2.05, 4.69) is 16.9 Å².